The standard InChI is InChI=1S/C61H54N2/c1-6-19-48(20-7-1)33-40-58(62(56-28-12-4-13-29-56)59-41-34-52(35-42-59)50-23-8-2-9-24-50)32-17-16-21-49-22-18-27-55(47-49)54-38-45-61(46-39-54)63(57-30-14-5-15-31-57)60-43-36-53(37-44-60)51-25-10-3-11-26-51/h1-20,22-28,30-31,34-36,38-43,45-47,56H,21,29,32-33,37,44H2/b17-16-,58-40+. The molecule has 1 unspecified atom stereocenters. The van der Waals surface area contributed by atoms with E-state index < -0.39 is 0 Å². The van der Waals surface area contributed by atoms with Crippen LogP contribution in [-0.4, -0.2) is 6.04 Å². The second-order valence-corrected chi connectivity index (χ2v) is 16.3. The van der Waals surface area contributed by atoms with Crippen molar-refractivity contribution in [3.63, 3.8) is 0 Å². The van der Waals surface area contributed by atoms with Gasteiger partial charge in [-0.1, -0.05) is 206 Å². The quantitative estimate of drug-likeness (QED) is 0.0952. The Hall–Kier alpha value is -7.42. The number of nitrogens with zero attached hydrogens (tertiary/aromatic N) is 2. The summed E-state index contributed by atoms with van der Waals surface area (Å²) in [7, 11) is 0. The van der Waals surface area contributed by atoms with Crippen LogP contribution < -0.4 is 9.80 Å². The summed E-state index contributed by atoms with van der Waals surface area (Å²) >= 11 is 0. The van der Waals surface area contributed by atoms with Crippen molar-refractivity contribution in [2.24, 2.45) is 0 Å². The second kappa shape index (κ2) is 20.4. The van der Waals surface area contributed by atoms with Crippen molar-refractivity contribution in [2.45, 2.75) is 44.6 Å². The monoisotopic (exact) mass is 814 g/mol. The van der Waals surface area contributed by atoms with E-state index in [0.717, 1.165) is 38.5 Å². The van der Waals surface area contributed by atoms with Crippen LogP contribution in [0.2, 0.25) is 0 Å². The highest BCUT2D eigenvalue weighted by Crippen LogP contribution is 2.37. The van der Waals surface area contributed by atoms with E-state index >= 15 is 0 Å². The van der Waals surface area contributed by atoms with Gasteiger partial charge in [0.2, 0.25) is 0 Å². The van der Waals surface area contributed by atoms with Crippen LogP contribution in [0.4, 0.5) is 17.1 Å². The third-order valence-corrected chi connectivity index (χ3v) is 12.1. The molecule has 0 radical (unpaired) electrons. The minimum absolute atomic E-state index is 0.236. The highest BCUT2D eigenvalue weighted by Gasteiger charge is 2.21. The molecule has 0 aromatic heterocycles. The summed E-state index contributed by atoms with van der Waals surface area (Å²) in [6, 6.07) is 70.4. The normalized spacial score (nSPS) is 14.9. The van der Waals surface area contributed by atoms with Gasteiger partial charge in [0.05, 0.1) is 6.04 Å². The van der Waals surface area contributed by atoms with Gasteiger partial charge in [-0.25, -0.2) is 0 Å². The molecular weight excluding hydrogens is 761 g/mol. The number of para-hydroxylation sites is 1. The van der Waals surface area contributed by atoms with Crippen molar-refractivity contribution in [2.75, 3.05) is 9.80 Å². The van der Waals surface area contributed by atoms with Crippen LogP contribution in [0.25, 0.3) is 27.8 Å². The van der Waals surface area contributed by atoms with Gasteiger partial charge >= 0.3 is 0 Å². The summed E-state index contributed by atoms with van der Waals surface area (Å²) < 4.78 is 0. The summed E-state index contributed by atoms with van der Waals surface area (Å²) in [5.74, 6) is 0. The summed E-state index contributed by atoms with van der Waals surface area (Å²) in [6.45, 7) is 0. The molecule has 2 heteroatoms. The number of hydrogen-bond donors (Lipinski definition) is 0. The van der Waals surface area contributed by atoms with E-state index in [1.807, 2.05) is 0 Å². The molecule has 0 saturated heterocycles. The lowest BCUT2D eigenvalue weighted by molar-refractivity contribution is 0.738. The van der Waals surface area contributed by atoms with Crippen LogP contribution in [0, 0.1) is 0 Å². The Labute approximate surface area is 374 Å². The maximum Gasteiger partial charge on any atom is 0.0556 e. The molecule has 1 atom stereocenters. The highest BCUT2D eigenvalue weighted by molar-refractivity contribution is 5.76. The molecule has 308 valence electrons. The predicted molar refractivity (Wildman–Crippen MR) is 269 cm³/mol. The van der Waals surface area contributed by atoms with Gasteiger partial charge in [-0.2, -0.15) is 0 Å². The summed E-state index contributed by atoms with van der Waals surface area (Å²) in [6.07, 6.45) is 26.3. The molecule has 2 aliphatic carbocycles. The first-order chi connectivity index (χ1) is 31.2. The molecule has 0 N–H and O–H groups in total. The summed E-state index contributed by atoms with van der Waals surface area (Å²) in [5.41, 5.74) is 16.4. The Morgan fingerprint density at radius 2 is 1.06 bits per heavy atom. The molecule has 0 amide bonds. The van der Waals surface area contributed by atoms with E-state index in [9.17, 15) is 0 Å². The zero-order chi connectivity index (χ0) is 42.5. The topological polar surface area (TPSA) is 6.48 Å². The zero-order valence-corrected chi connectivity index (χ0v) is 35.9. The molecular formula is C61H54N2. The largest absolute Gasteiger partial charge is 0.338 e. The van der Waals surface area contributed by atoms with Gasteiger partial charge < -0.3 is 9.80 Å². The van der Waals surface area contributed by atoms with E-state index in [1.54, 1.807) is 0 Å². The number of benzene rings is 7. The van der Waals surface area contributed by atoms with Crippen LogP contribution >= 0.6 is 0 Å². The van der Waals surface area contributed by atoms with Crippen molar-refractivity contribution < 1.29 is 0 Å². The van der Waals surface area contributed by atoms with Gasteiger partial charge in [0, 0.05) is 34.9 Å². The van der Waals surface area contributed by atoms with Gasteiger partial charge in [0.15, 0.2) is 0 Å². The lowest BCUT2D eigenvalue weighted by Gasteiger charge is -2.34. The summed E-state index contributed by atoms with van der Waals surface area (Å²) in [4.78, 5) is 4.96. The third-order valence-electron chi connectivity index (χ3n) is 12.1. The number of hydrogen-bond acceptors (Lipinski definition) is 2. The first-order valence-corrected chi connectivity index (χ1v) is 22.4. The van der Waals surface area contributed by atoms with E-state index in [4.69, 9.17) is 0 Å². The first-order valence-electron chi connectivity index (χ1n) is 22.4. The Morgan fingerprint density at radius 1 is 0.476 bits per heavy atom. The van der Waals surface area contributed by atoms with Gasteiger partial charge in [-0.05, 0) is 119 Å². The van der Waals surface area contributed by atoms with Crippen LogP contribution in [0.3, 0.4) is 0 Å². The molecule has 0 fully saturated rings. The van der Waals surface area contributed by atoms with Gasteiger partial charge in [0.1, 0.15) is 0 Å². The zero-order valence-electron chi connectivity index (χ0n) is 35.9. The van der Waals surface area contributed by atoms with Crippen LogP contribution in [0.5, 0.6) is 0 Å². The van der Waals surface area contributed by atoms with E-state index in [0.29, 0.717) is 0 Å². The van der Waals surface area contributed by atoms with Gasteiger partial charge in [0.25, 0.3) is 0 Å². The molecule has 7 aromatic rings. The number of allylic oxidation sites excluding steroid dienone is 9. The summed E-state index contributed by atoms with van der Waals surface area (Å²) in [5, 5.41) is 0. The Morgan fingerprint density at radius 3 is 1.73 bits per heavy atom. The van der Waals surface area contributed by atoms with E-state index in [1.165, 1.54) is 73.0 Å². The second-order valence-electron chi connectivity index (χ2n) is 16.3. The lowest BCUT2D eigenvalue weighted by Crippen LogP contribution is -2.33. The van der Waals surface area contributed by atoms with Crippen molar-refractivity contribution in [3.05, 3.63) is 277 Å². The number of rotatable bonds is 15. The number of anilines is 3. The first kappa shape index (κ1) is 41.0. The lowest BCUT2D eigenvalue weighted by atomic mass is 9.95. The maximum atomic E-state index is 2.55. The molecule has 2 aliphatic rings. The maximum absolute atomic E-state index is 2.55. The fourth-order valence-corrected chi connectivity index (χ4v) is 8.77. The Kier molecular flexibility index (Phi) is 13.3. The molecule has 0 aliphatic heterocycles. The molecule has 0 heterocycles. The third kappa shape index (κ3) is 10.4. The molecule has 0 spiro atoms. The average Bonchev–Trinajstić information content (AvgIpc) is 3.37. The average molecular weight is 815 g/mol. The molecule has 9 rings (SSSR count). The van der Waals surface area contributed by atoms with Crippen molar-refractivity contribution in [1.82, 2.24) is 0 Å². The van der Waals surface area contributed by atoms with Crippen molar-refractivity contribution in [1.29, 1.82) is 0 Å². The fourth-order valence-electron chi connectivity index (χ4n) is 8.77. The van der Waals surface area contributed by atoms with Crippen LogP contribution in [-0.2, 0) is 12.8 Å². The fraction of sp³-hybridized carbons (Fsp3) is 0.115. The van der Waals surface area contributed by atoms with E-state index in [-0.39, 0.29) is 6.04 Å². The molecule has 7 aromatic carbocycles. The molecule has 0 bridgehead atoms. The minimum atomic E-state index is 0.236. The van der Waals surface area contributed by atoms with E-state index in [2.05, 4.69) is 259 Å². The smallest absolute Gasteiger partial charge is 0.0556 e. The molecule has 63 heavy (non-hydrogen) atoms. The van der Waals surface area contributed by atoms with Crippen LogP contribution in [0.1, 0.15) is 42.4 Å². The molecule has 2 nitrogen and oxygen atoms in total. The van der Waals surface area contributed by atoms with Crippen LogP contribution in [0.15, 0.2) is 260 Å². The van der Waals surface area contributed by atoms with Gasteiger partial charge in [-0.3, -0.25) is 0 Å². The highest BCUT2D eigenvalue weighted by atomic mass is 15.2. The van der Waals surface area contributed by atoms with Gasteiger partial charge in [-0.15, -0.1) is 0 Å². The Bertz CT molecular complexity index is 2740. The molecule has 0 saturated carbocycles. The van der Waals surface area contributed by atoms with Crippen molar-refractivity contribution in [3.8, 4) is 22.3 Å². The predicted octanol–water partition coefficient (Wildman–Crippen LogP) is 15.9. The minimum Gasteiger partial charge on any atom is -0.338 e. The Balaban J connectivity index is 0.932. The SMILES string of the molecule is C1=CCC(N(/C(=C/Cc2ccccc2)C/C=C\Cc2cccc(-c3ccc(N(C4=CC=C(c5ccccc5)CC4)c4ccccc4)cc3)c2)c2ccc(-c3ccccc3)cc2)C=C1. The van der Waals surface area contributed by atoms with Crippen molar-refractivity contribution >= 4 is 22.6 Å².